The Labute approximate surface area is 120 Å². The summed E-state index contributed by atoms with van der Waals surface area (Å²) in [6.45, 7) is 3.99. The van der Waals surface area contributed by atoms with Crippen LogP contribution in [0.2, 0.25) is 0 Å². The maximum atomic E-state index is 12.1. The molecule has 0 saturated heterocycles. The zero-order valence-corrected chi connectivity index (χ0v) is 12.5. The number of halogens is 1. The van der Waals surface area contributed by atoms with Gasteiger partial charge in [0.25, 0.3) is 0 Å². The molecule has 1 aromatic carbocycles. The molecule has 1 atom stereocenters. The highest BCUT2D eigenvalue weighted by atomic mass is 79.9. The van der Waals surface area contributed by atoms with Crippen molar-refractivity contribution in [2.75, 3.05) is 11.9 Å². The van der Waals surface area contributed by atoms with Gasteiger partial charge >= 0.3 is 12.0 Å². The minimum absolute atomic E-state index is 0.0697. The lowest BCUT2D eigenvalue weighted by molar-refractivity contribution is -0.137. The van der Waals surface area contributed by atoms with Gasteiger partial charge < -0.3 is 15.3 Å². The lowest BCUT2D eigenvalue weighted by Crippen LogP contribution is -2.42. The summed E-state index contributed by atoms with van der Waals surface area (Å²) in [4.78, 5) is 24.3. The van der Waals surface area contributed by atoms with Crippen LogP contribution in [0.3, 0.4) is 0 Å². The molecule has 0 radical (unpaired) electrons. The van der Waals surface area contributed by atoms with Crippen molar-refractivity contribution in [1.29, 1.82) is 0 Å². The number of benzene rings is 1. The van der Waals surface area contributed by atoms with E-state index in [0.717, 1.165) is 4.47 Å². The molecule has 0 saturated carbocycles. The molecule has 0 bridgehead atoms. The zero-order valence-electron chi connectivity index (χ0n) is 10.9. The van der Waals surface area contributed by atoms with Crippen LogP contribution in [0.25, 0.3) is 0 Å². The molecule has 2 amide bonds. The van der Waals surface area contributed by atoms with Gasteiger partial charge in [-0.15, -0.1) is 0 Å². The molecule has 0 aliphatic rings. The monoisotopic (exact) mass is 328 g/mol. The van der Waals surface area contributed by atoms with E-state index >= 15 is 0 Å². The van der Waals surface area contributed by atoms with Crippen molar-refractivity contribution >= 4 is 33.6 Å². The molecular formula is C13H17BrN2O3. The van der Waals surface area contributed by atoms with Gasteiger partial charge in [0.2, 0.25) is 0 Å². The molecule has 0 fully saturated rings. The third-order valence-corrected chi connectivity index (χ3v) is 3.17. The van der Waals surface area contributed by atoms with E-state index in [9.17, 15) is 9.59 Å². The molecule has 1 rings (SSSR count). The van der Waals surface area contributed by atoms with Crippen LogP contribution in [0.15, 0.2) is 28.7 Å². The Morgan fingerprint density at radius 3 is 2.68 bits per heavy atom. The molecular weight excluding hydrogens is 312 g/mol. The molecule has 19 heavy (non-hydrogen) atoms. The number of hydrogen-bond donors (Lipinski definition) is 2. The molecule has 0 aliphatic carbocycles. The normalized spacial score (nSPS) is 11.7. The van der Waals surface area contributed by atoms with Crippen molar-refractivity contribution in [3.63, 3.8) is 0 Å². The van der Waals surface area contributed by atoms with Crippen LogP contribution in [0.5, 0.6) is 0 Å². The molecule has 0 aromatic heterocycles. The predicted molar refractivity (Wildman–Crippen MR) is 77.3 cm³/mol. The largest absolute Gasteiger partial charge is 0.481 e. The van der Waals surface area contributed by atoms with Crippen molar-refractivity contribution in [2.45, 2.75) is 26.3 Å². The summed E-state index contributed by atoms with van der Waals surface area (Å²) in [6, 6.07) is 6.59. The number of carboxylic acids is 1. The minimum Gasteiger partial charge on any atom is -0.481 e. The topological polar surface area (TPSA) is 69.6 Å². The standard InChI is InChI=1S/C13H17BrN2O3/c1-3-16(9(2)7-12(17)18)13(19)15-11-6-4-5-10(14)8-11/h4-6,8-9H,3,7H2,1-2H3,(H,15,19)(H,17,18). The second-order valence-electron chi connectivity index (χ2n) is 4.17. The SMILES string of the molecule is CCN(C(=O)Nc1cccc(Br)c1)C(C)CC(=O)O. The van der Waals surface area contributed by atoms with E-state index in [-0.39, 0.29) is 18.5 Å². The van der Waals surface area contributed by atoms with Crippen LogP contribution >= 0.6 is 15.9 Å². The Bertz CT molecular complexity index is 465. The van der Waals surface area contributed by atoms with Crippen LogP contribution < -0.4 is 5.32 Å². The first-order valence-corrected chi connectivity index (χ1v) is 6.78. The number of aliphatic carboxylic acids is 1. The van der Waals surface area contributed by atoms with Gasteiger partial charge in [0.05, 0.1) is 6.42 Å². The van der Waals surface area contributed by atoms with Crippen LogP contribution in [0.4, 0.5) is 10.5 Å². The fourth-order valence-electron chi connectivity index (χ4n) is 1.78. The van der Waals surface area contributed by atoms with Gasteiger partial charge in [0, 0.05) is 22.7 Å². The highest BCUT2D eigenvalue weighted by molar-refractivity contribution is 9.10. The number of urea groups is 1. The molecule has 0 spiro atoms. The van der Waals surface area contributed by atoms with E-state index in [2.05, 4.69) is 21.2 Å². The van der Waals surface area contributed by atoms with E-state index in [1.807, 2.05) is 19.1 Å². The molecule has 1 unspecified atom stereocenters. The third kappa shape index (κ3) is 4.90. The van der Waals surface area contributed by atoms with Gasteiger partial charge in [0.1, 0.15) is 0 Å². The Morgan fingerprint density at radius 2 is 2.16 bits per heavy atom. The van der Waals surface area contributed by atoms with Crippen LogP contribution in [0, 0.1) is 0 Å². The summed E-state index contributed by atoms with van der Waals surface area (Å²) >= 11 is 3.33. The van der Waals surface area contributed by atoms with Gasteiger partial charge in [-0.3, -0.25) is 4.79 Å². The number of rotatable bonds is 5. The number of anilines is 1. The lowest BCUT2D eigenvalue weighted by Gasteiger charge is -2.27. The number of amides is 2. The van der Waals surface area contributed by atoms with Crippen molar-refractivity contribution in [3.05, 3.63) is 28.7 Å². The maximum absolute atomic E-state index is 12.1. The first-order chi connectivity index (χ1) is 8.93. The number of carbonyl (C=O) groups excluding carboxylic acids is 1. The Morgan fingerprint density at radius 1 is 1.47 bits per heavy atom. The molecule has 0 aliphatic heterocycles. The van der Waals surface area contributed by atoms with Crippen molar-refractivity contribution in [3.8, 4) is 0 Å². The van der Waals surface area contributed by atoms with E-state index in [1.54, 1.807) is 19.1 Å². The number of nitrogens with one attached hydrogen (secondary N) is 1. The maximum Gasteiger partial charge on any atom is 0.322 e. The molecule has 1 aromatic rings. The fourth-order valence-corrected chi connectivity index (χ4v) is 2.18. The van der Waals surface area contributed by atoms with Crippen LogP contribution in [-0.4, -0.2) is 34.6 Å². The highest BCUT2D eigenvalue weighted by Crippen LogP contribution is 2.16. The molecule has 2 N–H and O–H groups in total. The summed E-state index contributed by atoms with van der Waals surface area (Å²) < 4.78 is 0.868. The quantitative estimate of drug-likeness (QED) is 0.872. The van der Waals surface area contributed by atoms with E-state index in [0.29, 0.717) is 12.2 Å². The lowest BCUT2D eigenvalue weighted by atomic mass is 10.2. The molecule has 0 heterocycles. The van der Waals surface area contributed by atoms with Gasteiger partial charge in [-0.2, -0.15) is 0 Å². The van der Waals surface area contributed by atoms with Crippen molar-refractivity contribution < 1.29 is 14.7 Å². The van der Waals surface area contributed by atoms with Crippen molar-refractivity contribution in [1.82, 2.24) is 4.90 Å². The van der Waals surface area contributed by atoms with Gasteiger partial charge in [-0.25, -0.2) is 4.79 Å². The fraction of sp³-hybridized carbons (Fsp3) is 0.385. The second-order valence-corrected chi connectivity index (χ2v) is 5.09. The second kappa shape index (κ2) is 7.13. The minimum atomic E-state index is -0.916. The first kappa shape index (κ1) is 15.5. The van der Waals surface area contributed by atoms with Gasteiger partial charge in [0.15, 0.2) is 0 Å². The molecule has 5 nitrogen and oxygen atoms in total. The van der Waals surface area contributed by atoms with Gasteiger partial charge in [-0.05, 0) is 32.0 Å². The van der Waals surface area contributed by atoms with E-state index < -0.39 is 5.97 Å². The molecule has 104 valence electrons. The average molecular weight is 329 g/mol. The summed E-state index contributed by atoms with van der Waals surface area (Å²) in [7, 11) is 0. The van der Waals surface area contributed by atoms with Crippen LogP contribution in [0.1, 0.15) is 20.3 Å². The first-order valence-electron chi connectivity index (χ1n) is 5.99. The summed E-state index contributed by atoms with van der Waals surface area (Å²) in [6.07, 6.45) is -0.0697. The average Bonchev–Trinajstić information content (AvgIpc) is 2.28. The summed E-state index contributed by atoms with van der Waals surface area (Å²) in [5.41, 5.74) is 0.667. The van der Waals surface area contributed by atoms with Crippen molar-refractivity contribution in [2.24, 2.45) is 0 Å². The Hall–Kier alpha value is -1.56. The zero-order chi connectivity index (χ0) is 14.4. The summed E-state index contributed by atoms with van der Waals surface area (Å²) in [5, 5.41) is 11.5. The Kier molecular flexibility index (Phi) is 5.82. The third-order valence-electron chi connectivity index (χ3n) is 2.68. The smallest absolute Gasteiger partial charge is 0.322 e. The van der Waals surface area contributed by atoms with E-state index in [4.69, 9.17) is 5.11 Å². The number of nitrogens with zero attached hydrogens (tertiary/aromatic N) is 1. The highest BCUT2D eigenvalue weighted by Gasteiger charge is 2.20. The van der Waals surface area contributed by atoms with E-state index in [1.165, 1.54) is 4.90 Å². The van der Waals surface area contributed by atoms with Gasteiger partial charge in [-0.1, -0.05) is 22.0 Å². The van der Waals surface area contributed by atoms with Crippen LogP contribution in [-0.2, 0) is 4.79 Å². The number of carbonyl (C=O) groups is 2. The molecule has 6 heteroatoms. The predicted octanol–water partition coefficient (Wildman–Crippen LogP) is 3.17. The number of hydrogen-bond acceptors (Lipinski definition) is 2. The Balaban J connectivity index is 2.71. The summed E-state index contributed by atoms with van der Waals surface area (Å²) in [5.74, 6) is -0.916. The number of carboxylic acid groups (broad SMARTS) is 1.